The highest BCUT2D eigenvalue weighted by Gasteiger charge is 2.43. The van der Waals surface area contributed by atoms with Crippen LogP contribution in [0.25, 0.3) is 0 Å². The predicted molar refractivity (Wildman–Crippen MR) is 79.1 cm³/mol. The molecule has 0 aromatic heterocycles. The maximum Gasteiger partial charge on any atom is 0.129 e. The van der Waals surface area contributed by atoms with Crippen molar-refractivity contribution in [3.05, 3.63) is 0 Å². The molecule has 2 saturated heterocycles. The van der Waals surface area contributed by atoms with Crippen LogP contribution in [-0.2, 0) is 0 Å². The average Bonchev–Trinajstić information content (AvgIpc) is 2.19. The Morgan fingerprint density at radius 3 is 2.28 bits per heavy atom. The Kier molecular flexibility index (Phi) is 3.92. The lowest BCUT2D eigenvalue weighted by Gasteiger charge is -2.50. The van der Waals surface area contributed by atoms with Crippen LogP contribution >= 0.6 is 0 Å². The van der Waals surface area contributed by atoms with Gasteiger partial charge in [0, 0.05) is 18.5 Å². The Morgan fingerprint density at radius 2 is 1.78 bits per heavy atom. The van der Waals surface area contributed by atoms with E-state index in [1.807, 2.05) is 0 Å². The molecule has 2 aliphatic rings. The third kappa shape index (κ3) is 3.37. The summed E-state index contributed by atoms with van der Waals surface area (Å²) in [6.07, 6.45) is 6.34. The highest BCUT2D eigenvalue weighted by atomic mass is 28.3. The van der Waals surface area contributed by atoms with Crippen molar-refractivity contribution < 1.29 is 5.11 Å². The predicted octanol–water partition coefficient (Wildman–Crippen LogP) is 2.64. The standard InChI is InChI=1S/C15H27NOSi/c1-16-13-7-5-8-14(16)12-15(17,11-13)9-6-10-18(2,3)4/h13-14,17H,5,7-9,11-12H2,1-4H3. The van der Waals surface area contributed by atoms with Crippen LogP contribution < -0.4 is 0 Å². The molecule has 102 valence electrons. The number of aliphatic hydroxyl groups is 1. The number of nitrogens with zero attached hydrogens (tertiary/aromatic N) is 1. The molecule has 1 N–H and O–H groups in total. The van der Waals surface area contributed by atoms with E-state index in [4.69, 9.17) is 0 Å². The zero-order valence-electron chi connectivity index (χ0n) is 12.3. The fraction of sp³-hybridized carbons (Fsp3) is 0.867. The van der Waals surface area contributed by atoms with Gasteiger partial charge < -0.3 is 10.0 Å². The van der Waals surface area contributed by atoms with Crippen molar-refractivity contribution in [2.75, 3.05) is 7.05 Å². The van der Waals surface area contributed by atoms with Crippen molar-refractivity contribution in [2.24, 2.45) is 0 Å². The van der Waals surface area contributed by atoms with Gasteiger partial charge in [-0.2, -0.15) is 0 Å². The van der Waals surface area contributed by atoms with E-state index in [9.17, 15) is 5.11 Å². The largest absolute Gasteiger partial charge is 0.389 e. The van der Waals surface area contributed by atoms with Gasteiger partial charge in [-0.3, -0.25) is 0 Å². The van der Waals surface area contributed by atoms with Gasteiger partial charge in [0.2, 0.25) is 0 Å². The summed E-state index contributed by atoms with van der Waals surface area (Å²) in [7, 11) is 0.925. The number of fused-ring (bicyclic) bond motifs is 2. The molecule has 2 aliphatic heterocycles. The van der Waals surface area contributed by atoms with Crippen molar-refractivity contribution in [1.29, 1.82) is 0 Å². The maximum atomic E-state index is 10.8. The van der Waals surface area contributed by atoms with Gasteiger partial charge in [0.05, 0.1) is 5.60 Å². The summed E-state index contributed by atoms with van der Waals surface area (Å²) in [6, 6.07) is 1.16. The number of hydrogen-bond acceptors (Lipinski definition) is 2. The number of piperidine rings is 2. The van der Waals surface area contributed by atoms with Crippen molar-refractivity contribution in [2.45, 2.75) is 75.9 Å². The average molecular weight is 265 g/mol. The zero-order chi connectivity index (χ0) is 13.4. The quantitative estimate of drug-likeness (QED) is 0.582. The molecule has 3 heteroatoms. The lowest BCUT2D eigenvalue weighted by molar-refractivity contribution is -0.0793. The van der Waals surface area contributed by atoms with Crippen LogP contribution in [-0.4, -0.2) is 42.8 Å². The van der Waals surface area contributed by atoms with Crippen molar-refractivity contribution in [1.82, 2.24) is 4.90 Å². The fourth-order valence-corrected chi connectivity index (χ4v) is 3.98. The van der Waals surface area contributed by atoms with E-state index in [1.54, 1.807) is 0 Å². The van der Waals surface area contributed by atoms with Gasteiger partial charge in [0.1, 0.15) is 8.07 Å². The first kappa shape index (κ1) is 14.1. The molecule has 0 radical (unpaired) electrons. The first-order chi connectivity index (χ1) is 8.29. The topological polar surface area (TPSA) is 23.5 Å². The van der Waals surface area contributed by atoms with Crippen molar-refractivity contribution >= 4 is 8.07 Å². The van der Waals surface area contributed by atoms with Gasteiger partial charge in [-0.05, 0) is 32.7 Å². The van der Waals surface area contributed by atoms with Crippen molar-refractivity contribution in [3.8, 4) is 11.5 Å². The summed E-state index contributed by atoms with van der Waals surface area (Å²) >= 11 is 0. The molecule has 0 spiro atoms. The molecule has 0 aromatic rings. The van der Waals surface area contributed by atoms with Crippen LogP contribution in [0.2, 0.25) is 19.6 Å². The van der Waals surface area contributed by atoms with Gasteiger partial charge in [0.15, 0.2) is 0 Å². The van der Waals surface area contributed by atoms with E-state index in [0.717, 1.165) is 12.8 Å². The first-order valence-corrected chi connectivity index (χ1v) is 10.7. The normalized spacial score (nSPS) is 36.9. The fourth-order valence-electron chi connectivity index (χ4n) is 3.37. The van der Waals surface area contributed by atoms with Gasteiger partial charge in [-0.25, -0.2) is 0 Å². The van der Waals surface area contributed by atoms with E-state index in [2.05, 4.69) is 43.1 Å². The van der Waals surface area contributed by atoms with Crippen molar-refractivity contribution in [3.63, 3.8) is 0 Å². The van der Waals surface area contributed by atoms with Crippen LogP contribution in [0.1, 0.15) is 38.5 Å². The maximum absolute atomic E-state index is 10.8. The molecule has 2 unspecified atom stereocenters. The van der Waals surface area contributed by atoms with Crippen LogP contribution in [0.15, 0.2) is 0 Å². The molecule has 0 aromatic carbocycles. The summed E-state index contributed by atoms with van der Waals surface area (Å²) in [5.74, 6) is 3.28. The van der Waals surface area contributed by atoms with E-state index < -0.39 is 13.7 Å². The van der Waals surface area contributed by atoms with E-state index in [1.165, 1.54) is 19.3 Å². The Labute approximate surface area is 113 Å². The Hall–Kier alpha value is -0.303. The van der Waals surface area contributed by atoms with Crippen LogP contribution in [0.4, 0.5) is 0 Å². The molecule has 0 aliphatic carbocycles. The van der Waals surface area contributed by atoms with E-state index in [0.29, 0.717) is 18.5 Å². The zero-order valence-corrected chi connectivity index (χ0v) is 13.3. The smallest absolute Gasteiger partial charge is 0.129 e. The van der Waals surface area contributed by atoms with Crippen LogP contribution in [0.5, 0.6) is 0 Å². The highest BCUT2D eigenvalue weighted by molar-refractivity contribution is 6.83. The molecule has 2 bridgehead atoms. The van der Waals surface area contributed by atoms with Gasteiger partial charge in [-0.1, -0.05) is 26.1 Å². The van der Waals surface area contributed by atoms with Crippen LogP contribution in [0, 0.1) is 11.5 Å². The summed E-state index contributed by atoms with van der Waals surface area (Å²) in [5.41, 5.74) is 2.87. The summed E-state index contributed by atoms with van der Waals surface area (Å²) in [4.78, 5) is 2.49. The molecule has 2 nitrogen and oxygen atoms in total. The Bertz CT molecular complexity index is 349. The van der Waals surface area contributed by atoms with Gasteiger partial charge in [0.25, 0.3) is 0 Å². The van der Waals surface area contributed by atoms with Gasteiger partial charge in [-0.15, -0.1) is 11.5 Å². The molecular formula is C15H27NOSi. The Balaban J connectivity index is 2.01. The minimum atomic E-state index is -1.30. The second kappa shape index (κ2) is 5.00. The molecule has 18 heavy (non-hydrogen) atoms. The first-order valence-electron chi connectivity index (χ1n) is 7.23. The van der Waals surface area contributed by atoms with Crippen LogP contribution in [0.3, 0.4) is 0 Å². The molecule has 2 heterocycles. The summed E-state index contributed by atoms with van der Waals surface area (Å²) < 4.78 is 0. The molecule has 2 atom stereocenters. The summed E-state index contributed by atoms with van der Waals surface area (Å²) in [5, 5.41) is 10.8. The Morgan fingerprint density at radius 1 is 1.22 bits per heavy atom. The summed E-state index contributed by atoms with van der Waals surface area (Å²) in [6.45, 7) is 6.77. The minimum Gasteiger partial charge on any atom is -0.389 e. The van der Waals surface area contributed by atoms with E-state index in [-0.39, 0.29) is 0 Å². The van der Waals surface area contributed by atoms with E-state index >= 15 is 0 Å². The third-order valence-electron chi connectivity index (χ3n) is 4.34. The highest BCUT2D eigenvalue weighted by Crippen LogP contribution is 2.39. The number of hydrogen-bond donors (Lipinski definition) is 1. The molecular weight excluding hydrogens is 238 g/mol. The second-order valence-electron chi connectivity index (χ2n) is 7.27. The van der Waals surface area contributed by atoms with Gasteiger partial charge >= 0.3 is 0 Å². The molecule has 0 saturated carbocycles. The monoisotopic (exact) mass is 265 g/mol. The SMILES string of the molecule is CN1C2CCCC1CC(O)(CC#C[Si](C)(C)C)C2. The number of rotatable bonds is 1. The second-order valence-corrected chi connectivity index (χ2v) is 12.0. The molecule has 2 fully saturated rings. The minimum absolute atomic E-state index is 0.519. The third-order valence-corrected chi connectivity index (χ3v) is 5.27. The lowest BCUT2D eigenvalue weighted by atomic mass is 9.74. The molecule has 0 amide bonds. The lowest BCUT2D eigenvalue weighted by Crippen LogP contribution is -2.56. The molecule has 2 rings (SSSR count).